The maximum absolute atomic E-state index is 12.0. The molecule has 0 fully saturated rings. The normalized spacial score (nSPS) is 17.2. The van der Waals surface area contributed by atoms with E-state index in [-0.39, 0.29) is 16.5 Å². The molecule has 1 aliphatic heterocycles. The molecule has 2 heterocycles. The molecule has 1 amide bonds. The molecule has 2 aromatic carbocycles. The summed E-state index contributed by atoms with van der Waals surface area (Å²) in [5, 5.41) is 6.08. The summed E-state index contributed by atoms with van der Waals surface area (Å²) in [5.41, 5.74) is 5.73. The molecular formula is C23H28N7O+. The third-order valence-corrected chi connectivity index (χ3v) is 4.61. The summed E-state index contributed by atoms with van der Waals surface area (Å²) < 4.78 is -0.0809. The Bertz CT molecular complexity index is 1050. The summed E-state index contributed by atoms with van der Waals surface area (Å²) in [6.07, 6.45) is 3.36. The molecule has 2 atom stereocenters. The first-order chi connectivity index (χ1) is 15.0. The number of nitrogens with one attached hydrogen (secondary N) is 3. The number of carbonyl (C=O) groups excluding carboxylic acids is 1. The number of fused-ring (bicyclic) bond motifs is 1. The number of rotatable bonds is 5. The van der Waals surface area contributed by atoms with E-state index in [1.807, 2.05) is 56.6 Å². The molecule has 0 saturated heterocycles. The van der Waals surface area contributed by atoms with Crippen LogP contribution in [-0.4, -0.2) is 36.3 Å². The van der Waals surface area contributed by atoms with Gasteiger partial charge in [0.25, 0.3) is 11.7 Å². The van der Waals surface area contributed by atoms with Gasteiger partial charge in [0, 0.05) is 25.3 Å². The van der Waals surface area contributed by atoms with E-state index in [1.165, 1.54) is 6.92 Å². The first-order valence-corrected chi connectivity index (χ1v) is 10.1. The van der Waals surface area contributed by atoms with Crippen molar-refractivity contribution in [3.63, 3.8) is 0 Å². The van der Waals surface area contributed by atoms with Gasteiger partial charge in [0.2, 0.25) is 12.3 Å². The lowest BCUT2D eigenvalue weighted by molar-refractivity contribution is -0.121. The first kappa shape index (κ1) is 22.1. The van der Waals surface area contributed by atoms with Crippen molar-refractivity contribution in [2.75, 3.05) is 19.4 Å². The highest BCUT2D eigenvalue weighted by Gasteiger charge is 2.42. The van der Waals surface area contributed by atoms with Crippen LogP contribution < -0.4 is 20.7 Å². The Morgan fingerprint density at radius 1 is 1.00 bits per heavy atom. The lowest BCUT2D eigenvalue weighted by Crippen LogP contribution is -2.55. The molecule has 0 aliphatic carbocycles. The summed E-state index contributed by atoms with van der Waals surface area (Å²) in [6, 6.07) is 19.6. The van der Waals surface area contributed by atoms with Crippen LogP contribution in [0.25, 0.3) is 0 Å². The molecule has 0 radical (unpaired) electrons. The number of benzene rings is 2. The minimum absolute atomic E-state index is 0.0326. The Morgan fingerprint density at radius 2 is 1.68 bits per heavy atom. The van der Waals surface area contributed by atoms with Gasteiger partial charge in [0.15, 0.2) is 5.69 Å². The molecule has 2 unspecified atom stereocenters. The van der Waals surface area contributed by atoms with Gasteiger partial charge in [-0.1, -0.05) is 47.1 Å². The number of aromatic nitrogens is 2. The number of hydrogen-bond acceptors (Lipinski definition) is 6. The van der Waals surface area contributed by atoms with E-state index in [0.29, 0.717) is 11.8 Å². The van der Waals surface area contributed by atoms with Crippen molar-refractivity contribution in [2.24, 2.45) is 4.99 Å². The molecule has 160 valence electrons. The van der Waals surface area contributed by atoms with Crippen molar-refractivity contribution >= 4 is 35.4 Å². The number of carbonyl (C=O) groups is 1. The van der Waals surface area contributed by atoms with Crippen LogP contribution in [0.3, 0.4) is 0 Å². The molecule has 1 aliphatic rings. The average molecular weight is 419 g/mol. The van der Waals surface area contributed by atoms with E-state index in [2.05, 4.69) is 50.1 Å². The molecule has 31 heavy (non-hydrogen) atoms. The van der Waals surface area contributed by atoms with Gasteiger partial charge in [0.05, 0.1) is 6.04 Å². The minimum atomic E-state index is -0.186. The van der Waals surface area contributed by atoms with Crippen LogP contribution in [0.5, 0.6) is 0 Å². The largest absolute Gasteiger partial charge is 0.348 e. The van der Waals surface area contributed by atoms with Crippen LogP contribution >= 0.6 is 0 Å². The minimum Gasteiger partial charge on any atom is -0.348 e. The third kappa shape index (κ3) is 4.93. The lowest BCUT2D eigenvalue weighted by Gasteiger charge is -2.27. The van der Waals surface area contributed by atoms with Gasteiger partial charge in [0.1, 0.15) is 5.69 Å². The van der Waals surface area contributed by atoms with Gasteiger partial charge >= 0.3 is 0 Å². The number of aliphatic imine (C=N–C) groups is 1. The molecular weight excluding hydrogens is 390 g/mol. The smallest absolute Gasteiger partial charge is 0.268 e. The number of quaternary nitrogens is 1. The number of hydrogen-bond donors (Lipinski definition) is 3. The maximum Gasteiger partial charge on any atom is 0.268 e. The second-order valence-corrected chi connectivity index (χ2v) is 7.14. The van der Waals surface area contributed by atoms with Crippen LogP contribution in [0.15, 0.2) is 71.9 Å². The van der Waals surface area contributed by atoms with Gasteiger partial charge in [-0.05, 0) is 32.6 Å². The Morgan fingerprint density at radius 3 is 2.39 bits per heavy atom. The van der Waals surface area contributed by atoms with Crippen LogP contribution in [0.4, 0.5) is 23.1 Å². The van der Waals surface area contributed by atoms with Gasteiger partial charge in [-0.2, -0.15) is 15.4 Å². The molecule has 0 bridgehead atoms. The molecule has 0 spiro atoms. The van der Waals surface area contributed by atoms with Crippen molar-refractivity contribution in [1.29, 1.82) is 0 Å². The maximum atomic E-state index is 12.0. The SMILES string of the molecule is CC(=O)N[N+]1(c2ccnc(NC(C)c3ccccc3)n2)C=Nc2ccccc21.CNC. The van der Waals surface area contributed by atoms with Gasteiger partial charge < -0.3 is 10.6 Å². The Kier molecular flexibility index (Phi) is 7.07. The summed E-state index contributed by atoms with van der Waals surface area (Å²) in [7, 11) is 3.75. The van der Waals surface area contributed by atoms with E-state index in [0.717, 1.165) is 16.9 Å². The van der Waals surface area contributed by atoms with E-state index in [9.17, 15) is 4.79 Å². The monoisotopic (exact) mass is 418 g/mol. The molecule has 0 saturated carbocycles. The zero-order chi connectivity index (χ0) is 22.3. The number of nitrogens with zero attached hydrogens (tertiary/aromatic N) is 4. The molecule has 8 heteroatoms. The molecule has 1 aromatic heterocycles. The van der Waals surface area contributed by atoms with Crippen molar-refractivity contribution < 1.29 is 4.79 Å². The van der Waals surface area contributed by atoms with Gasteiger partial charge in [-0.25, -0.2) is 4.98 Å². The molecule has 3 N–H and O–H groups in total. The van der Waals surface area contributed by atoms with Crippen molar-refractivity contribution in [1.82, 2.24) is 25.3 Å². The Balaban J connectivity index is 0.000000858. The fourth-order valence-electron chi connectivity index (χ4n) is 3.29. The summed E-state index contributed by atoms with van der Waals surface area (Å²) in [4.78, 5) is 25.5. The fraction of sp³-hybridized carbons (Fsp3) is 0.217. The quantitative estimate of drug-likeness (QED) is 0.548. The first-order valence-electron chi connectivity index (χ1n) is 10.1. The fourth-order valence-corrected chi connectivity index (χ4v) is 3.29. The van der Waals surface area contributed by atoms with Crippen LogP contribution in [-0.2, 0) is 4.79 Å². The average Bonchev–Trinajstić information content (AvgIpc) is 3.14. The molecule has 4 rings (SSSR count). The van der Waals surface area contributed by atoms with Gasteiger partial charge in [-0.3, -0.25) is 4.79 Å². The molecule has 3 aromatic rings. The Hall–Kier alpha value is -3.62. The van der Waals surface area contributed by atoms with Crippen LogP contribution in [0, 0.1) is 0 Å². The number of para-hydroxylation sites is 2. The predicted molar refractivity (Wildman–Crippen MR) is 125 cm³/mol. The van der Waals surface area contributed by atoms with Crippen molar-refractivity contribution in [3.8, 4) is 0 Å². The molecule has 8 nitrogen and oxygen atoms in total. The van der Waals surface area contributed by atoms with E-state index < -0.39 is 0 Å². The third-order valence-electron chi connectivity index (χ3n) is 4.61. The number of amides is 1. The van der Waals surface area contributed by atoms with E-state index in [4.69, 9.17) is 0 Å². The topological polar surface area (TPSA) is 91.3 Å². The predicted octanol–water partition coefficient (Wildman–Crippen LogP) is 3.85. The summed E-state index contributed by atoms with van der Waals surface area (Å²) >= 11 is 0. The lowest BCUT2D eigenvalue weighted by atomic mass is 10.1. The Labute approximate surface area is 182 Å². The zero-order valence-electron chi connectivity index (χ0n) is 18.2. The number of anilines is 1. The van der Waals surface area contributed by atoms with E-state index in [1.54, 1.807) is 18.6 Å². The highest BCUT2D eigenvalue weighted by Crippen LogP contribution is 2.41. The highest BCUT2D eigenvalue weighted by atomic mass is 16.2. The van der Waals surface area contributed by atoms with Crippen LogP contribution in [0.2, 0.25) is 0 Å². The van der Waals surface area contributed by atoms with Crippen molar-refractivity contribution in [2.45, 2.75) is 19.9 Å². The zero-order valence-corrected chi connectivity index (χ0v) is 18.2. The van der Waals surface area contributed by atoms with Crippen molar-refractivity contribution in [3.05, 3.63) is 72.4 Å². The second-order valence-electron chi connectivity index (χ2n) is 7.14. The standard InChI is InChI=1S/C21H20N6O.C2H7N/c1-15(17-8-4-3-5-9-17)24-21-22-13-12-20(25-21)27(26-16(2)28)14-23-18-10-6-7-11-19(18)27;1-3-2/h3-15H,1-2H3,(H-,22,24,25,26,28);3H,1-2H3/p+1. The summed E-state index contributed by atoms with van der Waals surface area (Å²) in [6.45, 7) is 3.53. The van der Waals surface area contributed by atoms with E-state index >= 15 is 0 Å². The van der Waals surface area contributed by atoms with Gasteiger partial charge in [-0.15, -0.1) is 0 Å². The second kappa shape index (κ2) is 9.92. The highest BCUT2D eigenvalue weighted by molar-refractivity contribution is 5.96. The summed E-state index contributed by atoms with van der Waals surface area (Å²) in [5.74, 6) is 0.894. The van der Waals surface area contributed by atoms with Crippen LogP contribution in [0.1, 0.15) is 25.5 Å².